The quantitative estimate of drug-likeness (QED) is 0.654. The van der Waals surface area contributed by atoms with E-state index in [0.717, 1.165) is 17.7 Å². The zero-order chi connectivity index (χ0) is 15.8. The summed E-state index contributed by atoms with van der Waals surface area (Å²) in [5.74, 6) is 7.56. The normalized spacial score (nSPS) is 17.6. The second-order valence-electron chi connectivity index (χ2n) is 6.19. The zero-order valence-corrected chi connectivity index (χ0v) is 14.8. The van der Waals surface area contributed by atoms with Crippen molar-refractivity contribution >= 4 is 8.80 Å². The minimum Gasteiger partial charge on any atom is -0.497 e. The molecule has 2 nitrogen and oxygen atoms in total. The highest BCUT2D eigenvalue weighted by atomic mass is 28.3. The first-order chi connectivity index (χ1) is 10.7. The van der Waals surface area contributed by atoms with E-state index in [1.165, 1.54) is 37.4 Å². The standard InChI is InChI=1S/C19H27O2Si/c1-3-12-22-13-10-17(11-14-22)15-18(20)7-4-16-5-8-19(21-2)9-6-16/h5-6,8-9,17-18,20H,3,10-15H2,1-2H3. The fourth-order valence-corrected chi connectivity index (χ4v) is 6.23. The van der Waals surface area contributed by atoms with Gasteiger partial charge in [0.15, 0.2) is 0 Å². The van der Waals surface area contributed by atoms with E-state index in [1.807, 2.05) is 24.3 Å². The Morgan fingerprint density at radius 3 is 2.55 bits per heavy atom. The molecule has 1 fully saturated rings. The van der Waals surface area contributed by atoms with Gasteiger partial charge in [0.05, 0.1) is 7.11 Å². The fourth-order valence-electron chi connectivity index (χ4n) is 3.14. The van der Waals surface area contributed by atoms with Gasteiger partial charge >= 0.3 is 0 Å². The summed E-state index contributed by atoms with van der Waals surface area (Å²) in [7, 11) is 1.60. The monoisotopic (exact) mass is 315 g/mol. The van der Waals surface area contributed by atoms with Crippen LogP contribution in [0.4, 0.5) is 0 Å². The summed E-state index contributed by atoms with van der Waals surface area (Å²) >= 11 is 0. The third-order valence-corrected chi connectivity index (χ3v) is 7.64. The van der Waals surface area contributed by atoms with Gasteiger partial charge in [-0.25, -0.2) is 0 Å². The third-order valence-electron chi connectivity index (χ3n) is 4.45. The lowest BCUT2D eigenvalue weighted by Gasteiger charge is -2.27. The Bertz CT molecular complexity index is 492. The van der Waals surface area contributed by atoms with Crippen molar-refractivity contribution in [1.82, 2.24) is 0 Å². The van der Waals surface area contributed by atoms with Crippen molar-refractivity contribution < 1.29 is 9.84 Å². The van der Waals surface area contributed by atoms with Crippen LogP contribution < -0.4 is 4.74 Å². The molecule has 1 aliphatic rings. The largest absolute Gasteiger partial charge is 0.497 e. The topological polar surface area (TPSA) is 29.5 Å². The fraction of sp³-hybridized carbons (Fsp3) is 0.579. The minimum atomic E-state index is -0.493. The predicted molar refractivity (Wildman–Crippen MR) is 93.7 cm³/mol. The van der Waals surface area contributed by atoms with E-state index in [9.17, 15) is 5.11 Å². The molecule has 119 valence electrons. The maximum absolute atomic E-state index is 10.1. The number of methoxy groups -OCH3 is 1. The number of ether oxygens (including phenoxy) is 1. The Kier molecular flexibility index (Phi) is 7.02. The first kappa shape index (κ1) is 17.1. The molecule has 1 aromatic rings. The first-order valence-corrected chi connectivity index (χ1v) is 10.5. The van der Waals surface area contributed by atoms with Crippen LogP contribution in [0.15, 0.2) is 24.3 Å². The number of rotatable bonds is 5. The van der Waals surface area contributed by atoms with E-state index in [-0.39, 0.29) is 8.80 Å². The van der Waals surface area contributed by atoms with Gasteiger partial charge in [-0.3, -0.25) is 0 Å². The molecular formula is C19H27O2Si. The molecular weight excluding hydrogens is 288 g/mol. The molecule has 1 unspecified atom stereocenters. The molecule has 0 amide bonds. The van der Waals surface area contributed by atoms with E-state index in [4.69, 9.17) is 4.74 Å². The summed E-state index contributed by atoms with van der Waals surface area (Å²) in [5, 5.41) is 10.1. The van der Waals surface area contributed by atoms with Crippen molar-refractivity contribution in [2.75, 3.05) is 7.11 Å². The van der Waals surface area contributed by atoms with Crippen molar-refractivity contribution in [3.05, 3.63) is 29.8 Å². The van der Waals surface area contributed by atoms with E-state index >= 15 is 0 Å². The van der Waals surface area contributed by atoms with Gasteiger partial charge in [-0.15, -0.1) is 0 Å². The number of hydrogen-bond donors (Lipinski definition) is 1. The van der Waals surface area contributed by atoms with Gasteiger partial charge in [-0.05, 0) is 36.6 Å². The molecule has 1 aliphatic heterocycles. The lowest BCUT2D eigenvalue weighted by atomic mass is 9.95. The van der Waals surface area contributed by atoms with E-state index in [1.54, 1.807) is 7.11 Å². The van der Waals surface area contributed by atoms with Crippen LogP contribution in [0.5, 0.6) is 5.75 Å². The smallest absolute Gasteiger partial charge is 0.118 e. The van der Waals surface area contributed by atoms with Crippen LogP contribution in [-0.2, 0) is 0 Å². The molecule has 22 heavy (non-hydrogen) atoms. The van der Waals surface area contributed by atoms with E-state index in [2.05, 4.69) is 18.8 Å². The Morgan fingerprint density at radius 1 is 1.27 bits per heavy atom. The Hall–Kier alpha value is -1.24. The van der Waals surface area contributed by atoms with Crippen LogP contribution in [-0.4, -0.2) is 27.1 Å². The summed E-state index contributed by atoms with van der Waals surface area (Å²) < 4.78 is 5.13. The van der Waals surface area contributed by atoms with Crippen molar-refractivity contribution in [3.8, 4) is 17.6 Å². The average molecular weight is 316 g/mol. The van der Waals surface area contributed by atoms with Crippen LogP contribution in [0.2, 0.25) is 18.1 Å². The highest BCUT2D eigenvalue weighted by molar-refractivity contribution is 6.58. The second-order valence-corrected chi connectivity index (χ2v) is 9.19. The van der Waals surface area contributed by atoms with Gasteiger partial charge in [-0.1, -0.05) is 56.2 Å². The lowest BCUT2D eigenvalue weighted by Crippen LogP contribution is -2.23. The zero-order valence-electron chi connectivity index (χ0n) is 13.8. The maximum Gasteiger partial charge on any atom is 0.118 e. The molecule has 0 saturated carbocycles. The molecule has 1 atom stereocenters. The molecule has 1 N–H and O–H groups in total. The Labute approximate surface area is 136 Å². The summed E-state index contributed by atoms with van der Waals surface area (Å²) in [6.07, 6.45) is 4.29. The van der Waals surface area contributed by atoms with Gasteiger partial charge in [-0.2, -0.15) is 0 Å². The van der Waals surface area contributed by atoms with Crippen LogP contribution in [0, 0.1) is 17.8 Å². The number of benzene rings is 1. The molecule has 1 aromatic carbocycles. The van der Waals surface area contributed by atoms with Crippen LogP contribution >= 0.6 is 0 Å². The van der Waals surface area contributed by atoms with Crippen LogP contribution in [0.25, 0.3) is 0 Å². The summed E-state index contributed by atoms with van der Waals surface area (Å²) in [5.41, 5.74) is 0.928. The van der Waals surface area contributed by atoms with Gasteiger partial charge in [0.1, 0.15) is 11.9 Å². The van der Waals surface area contributed by atoms with Gasteiger partial charge in [0.25, 0.3) is 0 Å². The Balaban J connectivity index is 1.78. The van der Waals surface area contributed by atoms with Crippen molar-refractivity contribution in [3.63, 3.8) is 0 Å². The molecule has 1 radical (unpaired) electrons. The summed E-state index contributed by atoms with van der Waals surface area (Å²) in [4.78, 5) is 0. The maximum atomic E-state index is 10.1. The van der Waals surface area contributed by atoms with Crippen molar-refractivity contribution in [2.45, 2.75) is 56.8 Å². The Morgan fingerprint density at radius 2 is 1.95 bits per heavy atom. The highest BCUT2D eigenvalue weighted by Gasteiger charge is 2.23. The third kappa shape index (κ3) is 5.51. The van der Waals surface area contributed by atoms with Crippen molar-refractivity contribution in [1.29, 1.82) is 0 Å². The van der Waals surface area contributed by atoms with Gasteiger partial charge in [0, 0.05) is 14.4 Å². The molecule has 3 heteroatoms. The summed E-state index contributed by atoms with van der Waals surface area (Å²) in [6, 6.07) is 12.0. The minimum absolute atomic E-state index is 0.0574. The van der Waals surface area contributed by atoms with Crippen LogP contribution in [0.1, 0.15) is 38.2 Å². The summed E-state index contributed by atoms with van der Waals surface area (Å²) in [6.45, 7) is 2.29. The highest BCUT2D eigenvalue weighted by Crippen LogP contribution is 2.30. The molecule has 1 heterocycles. The van der Waals surface area contributed by atoms with Crippen molar-refractivity contribution in [2.24, 2.45) is 5.92 Å². The number of aliphatic hydroxyl groups excluding tert-OH is 1. The SMILES string of the molecule is CCC[Si]1CCC(CC(O)C#Cc2ccc(OC)cc2)CC1. The molecule has 2 rings (SSSR count). The van der Waals surface area contributed by atoms with Crippen LogP contribution in [0.3, 0.4) is 0 Å². The van der Waals surface area contributed by atoms with E-state index < -0.39 is 6.10 Å². The first-order valence-electron chi connectivity index (χ1n) is 8.38. The molecule has 0 aliphatic carbocycles. The number of hydrogen-bond acceptors (Lipinski definition) is 2. The average Bonchev–Trinajstić information content (AvgIpc) is 2.55. The van der Waals surface area contributed by atoms with Gasteiger partial charge in [0.2, 0.25) is 0 Å². The predicted octanol–water partition coefficient (Wildman–Crippen LogP) is 4.11. The second kappa shape index (κ2) is 9.02. The lowest BCUT2D eigenvalue weighted by molar-refractivity contribution is 0.190. The van der Waals surface area contributed by atoms with Gasteiger partial charge < -0.3 is 9.84 Å². The molecule has 1 saturated heterocycles. The number of aliphatic hydroxyl groups is 1. The molecule has 0 spiro atoms. The molecule has 0 bridgehead atoms. The molecule has 0 aromatic heterocycles. The van der Waals surface area contributed by atoms with E-state index in [0.29, 0.717) is 5.92 Å².